The number of rotatable bonds is 40. The van der Waals surface area contributed by atoms with Crippen molar-refractivity contribution < 1.29 is 32.5 Å². The van der Waals surface area contributed by atoms with E-state index < -0.39 is 13.9 Å². The van der Waals surface area contributed by atoms with Crippen molar-refractivity contribution in [3.63, 3.8) is 0 Å². The Morgan fingerprint density at radius 2 is 0.980 bits per heavy atom. The summed E-state index contributed by atoms with van der Waals surface area (Å²) in [5.74, 6) is 0. The van der Waals surface area contributed by atoms with Gasteiger partial charge in [-0.1, -0.05) is 181 Å². The van der Waals surface area contributed by atoms with Crippen molar-refractivity contribution >= 4 is 13.9 Å². The van der Waals surface area contributed by atoms with Crippen LogP contribution in [0.25, 0.3) is 0 Å². The van der Waals surface area contributed by atoms with Crippen LogP contribution in [0.3, 0.4) is 0 Å². The van der Waals surface area contributed by atoms with Crippen molar-refractivity contribution in [2.24, 2.45) is 0 Å². The number of unbranched alkanes of at least 4 members (excludes halogenated alkanes) is 26. The number of urea groups is 1. The van der Waals surface area contributed by atoms with Gasteiger partial charge in [-0.25, -0.2) is 9.36 Å². The van der Waals surface area contributed by atoms with Gasteiger partial charge in [0, 0.05) is 19.7 Å². The Morgan fingerprint density at radius 3 is 1.39 bits per heavy atom. The number of ether oxygens (including phenoxy) is 1. The van der Waals surface area contributed by atoms with Crippen LogP contribution in [0, 0.1) is 0 Å². The van der Waals surface area contributed by atoms with Crippen molar-refractivity contribution in [2.45, 2.75) is 200 Å². The van der Waals surface area contributed by atoms with E-state index in [0.29, 0.717) is 24.2 Å². The maximum Gasteiger partial charge on any atom is 0.472 e. The van der Waals surface area contributed by atoms with Crippen LogP contribution >= 0.6 is 7.82 Å². The molecule has 51 heavy (non-hydrogen) atoms. The van der Waals surface area contributed by atoms with Crippen LogP contribution in [0.4, 0.5) is 4.79 Å². The number of nitrogens with one attached hydrogen (secondary N) is 2. The number of phosphoric acid groups is 1. The number of hydrogen-bond acceptors (Lipinski definition) is 5. The van der Waals surface area contributed by atoms with Crippen LogP contribution in [0.1, 0.15) is 194 Å². The molecule has 0 aliphatic carbocycles. The average Bonchev–Trinajstić information content (AvgIpc) is 3.07. The molecule has 10 heteroatoms. The molecule has 0 aliphatic heterocycles. The lowest BCUT2D eigenvalue weighted by atomic mass is 10.0. The van der Waals surface area contributed by atoms with E-state index in [2.05, 4.69) is 24.5 Å². The molecule has 0 spiro atoms. The van der Waals surface area contributed by atoms with Gasteiger partial charge in [-0.2, -0.15) is 0 Å². The summed E-state index contributed by atoms with van der Waals surface area (Å²) in [5.41, 5.74) is 0. The van der Waals surface area contributed by atoms with Crippen LogP contribution in [0.2, 0.25) is 0 Å². The lowest BCUT2D eigenvalue weighted by Gasteiger charge is -2.25. The van der Waals surface area contributed by atoms with Gasteiger partial charge in [0.15, 0.2) is 0 Å². The van der Waals surface area contributed by atoms with Crippen molar-refractivity contribution in [3.05, 3.63) is 0 Å². The van der Waals surface area contributed by atoms with E-state index in [4.69, 9.17) is 13.8 Å². The molecule has 2 unspecified atom stereocenters. The molecule has 0 radical (unpaired) electrons. The molecule has 0 heterocycles. The molecule has 2 atom stereocenters. The largest absolute Gasteiger partial charge is 0.472 e. The van der Waals surface area contributed by atoms with Gasteiger partial charge in [0.1, 0.15) is 19.3 Å². The van der Waals surface area contributed by atoms with Crippen LogP contribution in [0.5, 0.6) is 0 Å². The fourth-order valence-corrected chi connectivity index (χ4v) is 7.06. The summed E-state index contributed by atoms with van der Waals surface area (Å²) in [7, 11) is 1.66. The zero-order valence-electron chi connectivity index (χ0n) is 34.5. The molecule has 0 aromatic rings. The van der Waals surface area contributed by atoms with Crippen molar-refractivity contribution in [1.82, 2.24) is 10.6 Å². The summed E-state index contributed by atoms with van der Waals surface area (Å²) in [4.78, 5) is 22.8. The number of phosphoric ester groups is 1. The minimum atomic E-state index is -4.30. The molecule has 0 rings (SSSR count). The summed E-state index contributed by atoms with van der Waals surface area (Å²) in [6.45, 7) is 6.54. The molecule has 0 saturated carbocycles. The quantitative estimate of drug-likeness (QED) is 0.0327. The predicted octanol–water partition coefficient (Wildman–Crippen LogP) is 11.5. The Hall–Kier alpha value is -0.700. The first-order valence-corrected chi connectivity index (χ1v) is 23.1. The van der Waals surface area contributed by atoms with Gasteiger partial charge in [0.05, 0.1) is 27.7 Å². The minimum Gasteiger partial charge on any atom is -0.379 e. The second-order valence-corrected chi connectivity index (χ2v) is 17.4. The zero-order chi connectivity index (χ0) is 37.7. The highest BCUT2D eigenvalue weighted by molar-refractivity contribution is 7.47. The summed E-state index contributed by atoms with van der Waals surface area (Å²) in [5, 5.41) is 5.70. The van der Waals surface area contributed by atoms with Crippen molar-refractivity contribution in [1.29, 1.82) is 0 Å². The third kappa shape index (κ3) is 40.3. The maximum atomic E-state index is 12.7. The Labute approximate surface area is 316 Å². The van der Waals surface area contributed by atoms with Crippen molar-refractivity contribution in [2.75, 3.05) is 60.6 Å². The number of hydrogen-bond donors (Lipinski definition) is 3. The molecule has 2 amide bonds. The Bertz CT molecular complexity index is 798. The van der Waals surface area contributed by atoms with E-state index in [0.717, 1.165) is 25.7 Å². The smallest absolute Gasteiger partial charge is 0.379 e. The SMILES string of the molecule is CCCCCCCCCCCCCCCCNC(=O)NCC(COCCCCCCCCCCCCCCCC)OP(=O)(O)OCC[N+](C)(C)C. The van der Waals surface area contributed by atoms with Crippen molar-refractivity contribution in [3.8, 4) is 0 Å². The highest BCUT2D eigenvalue weighted by Crippen LogP contribution is 2.44. The fourth-order valence-electron chi connectivity index (χ4n) is 6.18. The van der Waals surface area contributed by atoms with E-state index in [1.807, 2.05) is 21.1 Å². The summed E-state index contributed by atoms with van der Waals surface area (Å²) < 4.78 is 29.8. The fraction of sp³-hybridized carbons (Fsp3) is 0.976. The third-order valence-corrected chi connectivity index (χ3v) is 10.6. The summed E-state index contributed by atoms with van der Waals surface area (Å²) in [6, 6.07) is -0.302. The topological polar surface area (TPSA) is 106 Å². The summed E-state index contributed by atoms with van der Waals surface area (Å²) >= 11 is 0. The molecule has 0 aromatic carbocycles. The molecular formula is C41H87N3O6P+. The number of likely N-dealkylation sites (N-methyl/N-ethyl adjacent to an activating group) is 1. The highest BCUT2D eigenvalue weighted by Gasteiger charge is 2.28. The Morgan fingerprint density at radius 1 is 0.588 bits per heavy atom. The molecule has 0 fully saturated rings. The van der Waals surface area contributed by atoms with E-state index in [1.54, 1.807) is 0 Å². The van der Waals surface area contributed by atoms with Gasteiger partial charge in [0.25, 0.3) is 0 Å². The monoisotopic (exact) mass is 749 g/mol. The maximum absolute atomic E-state index is 12.7. The molecule has 0 saturated heterocycles. The number of carbonyl (C=O) groups excluding carboxylic acids is 1. The molecule has 3 N–H and O–H groups in total. The van der Waals surface area contributed by atoms with E-state index in [9.17, 15) is 14.3 Å². The molecule has 306 valence electrons. The van der Waals surface area contributed by atoms with Gasteiger partial charge >= 0.3 is 13.9 Å². The van der Waals surface area contributed by atoms with Gasteiger partial charge < -0.3 is 24.7 Å². The second-order valence-electron chi connectivity index (χ2n) is 15.9. The first-order chi connectivity index (χ1) is 24.6. The second kappa shape index (κ2) is 36.3. The lowest BCUT2D eigenvalue weighted by Crippen LogP contribution is -2.42. The Kier molecular flexibility index (Phi) is 35.8. The van der Waals surface area contributed by atoms with Gasteiger partial charge in [-0.05, 0) is 12.8 Å². The third-order valence-electron chi connectivity index (χ3n) is 9.55. The number of nitrogens with zero attached hydrogens (tertiary/aromatic N) is 1. The highest BCUT2D eigenvalue weighted by atomic mass is 31.2. The van der Waals surface area contributed by atoms with Crippen LogP contribution in [-0.2, 0) is 18.3 Å². The first-order valence-electron chi connectivity index (χ1n) is 21.6. The standard InChI is InChI=1S/C41H86N3O6P/c1-6-8-10-12-14-16-18-20-22-24-26-28-30-32-34-42-41(45)43-38-40(50-51(46,47)49-37-35-44(3,4)5)39-48-36-33-31-29-27-25-23-21-19-17-15-13-11-9-7-2/h40H,6-39H2,1-5H3,(H2-,42,43,45,46,47)/p+1. The molecule has 0 aromatic heterocycles. The van der Waals surface area contributed by atoms with E-state index in [1.165, 1.54) is 154 Å². The first kappa shape index (κ1) is 50.3. The number of amides is 2. The molecule has 9 nitrogen and oxygen atoms in total. The number of carbonyl (C=O) groups is 1. The predicted molar refractivity (Wildman–Crippen MR) is 216 cm³/mol. The van der Waals surface area contributed by atoms with Gasteiger partial charge in [0.2, 0.25) is 0 Å². The van der Waals surface area contributed by atoms with Gasteiger partial charge in [-0.3, -0.25) is 9.05 Å². The molecule has 0 aliphatic rings. The number of quaternary nitrogens is 1. The average molecular weight is 749 g/mol. The van der Waals surface area contributed by atoms with Crippen LogP contribution < -0.4 is 10.6 Å². The van der Waals surface area contributed by atoms with Crippen LogP contribution in [-0.4, -0.2) is 82.1 Å². The summed E-state index contributed by atoms with van der Waals surface area (Å²) in [6.07, 6.45) is 35.6. The molecular weight excluding hydrogens is 661 g/mol. The lowest BCUT2D eigenvalue weighted by molar-refractivity contribution is -0.870. The normalized spacial score (nSPS) is 13.7. The minimum absolute atomic E-state index is 0.0621. The zero-order valence-corrected chi connectivity index (χ0v) is 35.4. The van der Waals surface area contributed by atoms with E-state index in [-0.39, 0.29) is 25.8 Å². The van der Waals surface area contributed by atoms with E-state index >= 15 is 0 Å². The Balaban J connectivity index is 4.15. The molecule has 0 bridgehead atoms. The van der Waals surface area contributed by atoms with Gasteiger partial charge in [-0.15, -0.1) is 0 Å². The van der Waals surface area contributed by atoms with Crippen LogP contribution in [0.15, 0.2) is 0 Å².